The van der Waals surface area contributed by atoms with Gasteiger partial charge in [-0.05, 0) is 43.2 Å². The Hall–Kier alpha value is -3.69. The number of nitrogens with zero attached hydrogens (tertiary/aromatic N) is 2. The minimum Gasteiger partial charge on any atom is -0.493 e. The quantitative estimate of drug-likeness (QED) is 0.555. The van der Waals surface area contributed by atoms with Gasteiger partial charge >= 0.3 is 0 Å². The molecule has 3 amide bonds. The van der Waals surface area contributed by atoms with Crippen LogP contribution in [0.25, 0.3) is 0 Å². The number of nitrogens with one attached hydrogen (secondary N) is 1. The van der Waals surface area contributed by atoms with E-state index in [0.717, 1.165) is 17.7 Å². The molecule has 35 heavy (non-hydrogen) atoms. The lowest BCUT2D eigenvalue weighted by molar-refractivity contribution is -0.138. The second-order valence-corrected chi connectivity index (χ2v) is 8.18. The molecule has 2 aromatic carbocycles. The van der Waals surface area contributed by atoms with Gasteiger partial charge in [0.25, 0.3) is 0 Å². The van der Waals surface area contributed by atoms with Crippen molar-refractivity contribution in [3.05, 3.63) is 53.6 Å². The van der Waals surface area contributed by atoms with Crippen molar-refractivity contribution < 1.29 is 32.6 Å². The van der Waals surface area contributed by atoms with E-state index in [4.69, 9.17) is 9.47 Å². The summed E-state index contributed by atoms with van der Waals surface area (Å²) >= 11 is 0. The first kappa shape index (κ1) is 25.9. The number of anilines is 1. The van der Waals surface area contributed by atoms with Crippen molar-refractivity contribution in [2.75, 3.05) is 45.7 Å². The van der Waals surface area contributed by atoms with Gasteiger partial charge in [0.05, 0.1) is 26.7 Å². The Morgan fingerprint density at radius 2 is 1.80 bits per heavy atom. The van der Waals surface area contributed by atoms with Crippen molar-refractivity contribution >= 4 is 23.4 Å². The molecule has 1 aliphatic heterocycles. The summed E-state index contributed by atoms with van der Waals surface area (Å²) in [5.74, 6) is -2.40. The van der Waals surface area contributed by atoms with Crippen molar-refractivity contribution in [3.8, 4) is 11.5 Å². The van der Waals surface area contributed by atoms with Crippen LogP contribution in [0.3, 0.4) is 0 Å². The molecule has 1 heterocycles. The molecule has 0 radical (unpaired) electrons. The highest BCUT2D eigenvalue weighted by atomic mass is 19.1. The lowest BCUT2D eigenvalue weighted by atomic mass is 10.1. The smallest absolute Gasteiger partial charge is 0.244 e. The fraction of sp³-hybridized carbons (Fsp3) is 0.400. The molecular formula is C25H29F2N3O5. The highest BCUT2D eigenvalue weighted by Gasteiger charge is 2.36. The first-order valence-electron chi connectivity index (χ1n) is 11.3. The predicted molar refractivity (Wildman–Crippen MR) is 125 cm³/mol. The van der Waals surface area contributed by atoms with Gasteiger partial charge in [0, 0.05) is 26.1 Å². The lowest BCUT2D eigenvalue weighted by Gasteiger charge is -2.24. The summed E-state index contributed by atoms with van der Waals surface area (Å²) < 4.78 is 38.2. The van der Waals surface area contributed by atoms with Crippen LogP contribution in [0.2, 0.25) is 0 Å². The van der Waals surface area contributed by atoms with Gasteiger partial charge < -0.3 is 24.6 Å². The summed E-state index contributed by atoms with van der Waals surface area (Å²) in [6.07, 6.45) is 0.617. The highest BCUT2D eigenvalue weighted by Crippen LogP contribution is 2.28. The SMILES string of the molecule is CCN(CC(=O)Nc1c(F)cccc1F)C(=O)C1CC(=O)N(CCc2ccc(OC)c(OC)c2)C1. The standard InChI is InChI=1S/C25H29F2N3O5/c1-4-29(15-22(31)28-24-18(26)6-5-7-19(24)27)25(33)17-13-23(32)30(14-17)11-10-16-8-9-20(34-2)21(12-16)35-3/h5-9,12,17H,4,10-11,13-15H2,1-3H3,(H,28,31). The molecule has 1 aliphatic rings. The molecule has 0 aliphatic carbocycles. The number of hydrogen-bond acceptors (Lipinski definition) is 5. The maximum atomic E-state index is 13.8. The van der Waals surface area contributed by atoms with E-state index in [1.165, 1.54) is 11.0 Å². The monoisotopic (exact) mass is 489 g/mol. The van der Waals surface area contributed by atoms with E-state index in [2.05, 4.69) is 5.32 Å². The van der Waals surface area contributed by atoms with Gasteiger partial charge in [0.1, 0.15) is 17.3 Å². The number of likely N-dealkylation sites (tertiary alicyclic amines) is 1. The topological polar surface area (TPSA) is 88.2 Å². The number of carbonyl (C=O) groups excluding carboxylic acids is 3. The number of amides is 3. The third kappa shape index (κ3) is 6.26. The van der Waals surface area contributed by atoms with Gasteiger partial charge in [-0.25, -0.2) is 8.78 Å². The molecule has 0 bridgehead atoms. The second kappa shape index (κ2) is 11.6. The van der Waals surface area contributed by atoms with E-state index >= 15 is 0 Å². The molecule has 1 N–H and O–H groups in total. The van der Waals surface area contributed by atoms with E-state index in [9.17, 15) is 23.2 Å². The highest BCUT2D eigenvalue weighted by molar-refractivity contribution is 5.96. The minimum absolute atomic E-state index is 0.0465. The molecule has 1 atom stereocenters. The second-order valence-electron chi connectivity index (χ2n) is 8.18. The Kier molecular flexibility index (Phi) is 8.62. The average Bonchev–Trinajstić information content (AvgIpc) is 3.23. The van der Waals surface area contributed by atoms with Gasteiger partial charge in [0.15, 0.2) is 11.5 Å². The van der Waals surface area contributed by atoms with E-state index in [1.54, 1.807) is 32.1 Å². The number of carbonyl (C=O) groups is 3. The lowest BCUT2D eigenvalue weighted by Crippen LogP contribution is -2.42. The van der Waals surface area contributed by atoms with Crippen molar-refractivity contribution in [1.29, 1.82) is 0 Å². The zero-order chi connectivity index (χ0) is 25.5. The van der Waals surface area contributed by atoms with Crippen LogP contribution in [-0.2, 0) is 20.8 Å². The number of ether oxygens (including phenoxy) is 2. The van der Waals surface area contributed by atoms with Gasteiger partial charge in [0.2, 0.25) is 17.7 Å². The fourth-order valence-corrected chi connectivity index (χ4v) is 4.03. The van der Waals surface area contributed by atoms with Gasteiger partial charge in [-0.15, -0.1) is 0 Å². The van der Waals surface area contributed by atoms with Gasteiger partial charge in [-0.3, -0.25) is 14.4 Å². The van der Waals surface area contributed by atoms with Gasteiger partial charge in [-0.2, -0.15) is 0 Å². The summed E-state index contributed by atoms with van der Waals surface area (Å²) in [5.41, 5.74) is 0.399. The van der Waals surface area contributed by atoms with Gasteiger partial charge in [-0.1, -0.05) is 12.1 Å². The first-order chi connectivity index (χ1) is 16.8. The molecule has 8 nitrogen and oxygen atoms in total. The van der Waals surface area contributed by atoms with Crippen LogP contribution < -0.4 is 14.8 Å². The molecule has 1 saturated heterocycles. The largest absolute Gasteiger partial charge is 0.493 e. The molecule has 0 spiro atoms. The Balaban J connectivity index is 1.57. The van der Waals surface area contributed by atoms with E-state index in [-0.39, 0.29) is 37.9 Å². The van der Waals surface area contributed by atoms with Crippen LogP contribution in [-0.4, -0.2) is 67.9 Å². The molecule has 10 heteroatoms. The Bertz CT molecular complexity index is 1070. The zero-order valence-corrected chi connectivity index (χ0v) is 20.0. The molecule has 1 fully saturated rings. The first-order valence-corrected chi connectivity index (χ1v) is 11.3. The van der Waals surface area contributed by atoms with Crippen molar-refractivity contribution in [2.24, 2.45) is 5.92 Å². The van der Waals surface area contributed by atoms with Crippen LogP contribution >= 0.6 is 0 Å². The average molecular weight is 490 g/mol. The Labute approximate surface area is 202 Å². The summed E-state index contributed by atoms with van der Waals surface area (Å²) in [4.78, 5) is 40.8. The number of halogens is 2. The maximum absolute atomic E-state index is 13.8. The fourth-order valence-electron chi connectivity index (χ4n) is 4.03. The molecule has 188 valence electrons. The van der Waals surface area contributed by atoms with Crippen molar-refractivity contribution in [1.82, 2.24) is 9.80 Å². The predicted octanol–water partition coefficient (Wildman–Crippen LogP) is 2.86. The summed E-state index contributed by atoms with van der Waals surface area (Å²) in [6, 6.07) is 8.78. The number of benzene rings is 2. The molecule has 0 aromatic heterocycles. The number of methoxy groups -OCH3 is 2. The number of rotatable bonds is 10. The number of likely N-dealkylation sites (N-methyl/N-ethyl adjacent to an activating group) is 1. The maximum Gasteiger partial charge on any atom is 0.244 e. The van der Waals surface area contributed by atoms with E-state index < -0.39 is 29.1 Å². The van der Waals surface area contributed by atoms with Crippen LogP contribution in [0.5, 0.6) is 11.5 Å². The van der Waals surface area contributed by atoms with Crippen molar-refractivity contribution in [2.45, 2.75) is 19.8 Å². The number of hydrogen-bond donors (Lipinski definition) is 1. The number of para-hydroxylation sites is 1. The molecule has 2 aromatic rings. The van der Waals surface area contributed by atoms with E-state index in [0.29, 0.717) is 24.5 Å². The van der Waals surface area contributed by atoms with Crippen LogP contribution in [0.15, 0.2) is 36.4 Å². The summed E-state index contributed by atoms with van der Waals surface area (Å²) in [6.45, 7) is 2.20. The van der Waals surface area contributed by atoms with E-state index in [1.807, 2.05) is 12.1 Å². The van der Waals surface area contributed by atoms with Crippen molar-refractivity contribution in [3.63, 3.8) is 0 Å². The van der Waals surface area contributed by atoms with Crippen LogP contribution in [0.1, 0.15) is 18.9 Å². The normalized spacial score (nSPS) is 15.2. The molecule has 0 saturated carbocycles. The Morgan fingerprint density at radius 3 is 2.43 bits per heavy atom. The molecule has 1 unspecified atom stereocenters. The zero-order valence-electron chi connectivity index (χ0n) is 20.0. The molecule has 3 rings (SSSR count). The van der Waals surface area contributed by atoms with Crippen LogP contribution in [0.4, 0.5) is 14.5 Å². The summed E-state index contributed by atoms with van der Waals surface area (Å²) in [7, 11) is 3.10. The summed E-state index contributed by atoms with van der Waals surface area (Å²) in [5, 5.41) is 2.18. The third-order valence-electron chi connectivity index (χ3n) is 5.94. The minimum atomic E-state index is -0.903. The van der Waals surface area contributed by atoms with Crippen LogP contribution in [0, 0.1) is 17.6 Å². The molecular weight excluding hydrogens is 460 g/mol. The third-order valence-corrected chi connectivity index (χ3v) is 5.94. The Morgan fingerprint density at radius 1 is 1.11 bits per heavy atom.